The molecule has 3 aromatic rings. The summed E-state index contributed by atoms with van der Waals surface area (Å²) in [6, 6.07) is 9.38. The van der Waals surface area contributed by atoms with Gasteiger partial charge in [0, 0.05) is 0 Å². The predicted molar refractivity (Wildman–Crippen MR) is 69.0 cm³/mol. The number of fused-ring (bicyclic) bond motifs is 1. The summed E-state index contributed by atoms with van der Waals surface area (Å²) in [6.07, 6.45) is 0. The molecule has 0 amide bonds. The molecule has 0 unspecified atom stereocenters. The van der Waals surface area contributed by atoms with E-state index in [0.717, 1.165) is 17.1 Å². The van der Waals surface area contributed by atoms with E-state index in [0.29, 0.717) is 11.2 Å². The van der Waals surface area contributed by atoms with Crippen molar-refractivity contribution in [1.29, 1.82) is 0 Å². The number of para-hydroxylation sites is 1. The Kier molecular flexibility index (Phi) is 2.26. The Morgan fingerprint density at radius 3 is 2.44 bits per heavy atom. The second kappa shape index (κ2) is 3.80. The van der Waals surface area contributed by atoms with Crippen molar-refractivity contribution in [2.75, 3.05) is 0 Å². The van der Waals surface area contributed by atoms with Crippen LogP contribution in [0.1, 0.15) is 11.4 Å². The van der Waals surface area contributed by atoms with Gasteiger partial charge < -0.3 is 0 Å². The van der Waals surface area contributed by atoms with Gasteiger partial charge in [0.25, 0.3) is 5.56 Å². The maximum absolute atomic E-state index is 12.2. The van der Waals surface area contributed by atoms with E-state index in [1.165, 1.54) is 4.68 Å². The first-order chi connectivity index (χ1) is 8.66. The number of rotatable bonds is 1. The minimum atomic E-state index is -0.174. The average molecular weight is 240 g/mol. The van der Waals surface area contributed by atoms with Gasteiger partial charge in [-0.05, 0) is 26.0 Å². The zero-order valence-corrected chi connectivity index (χ0v) is 10.1. The zero-order valence-electron chi connectivity index (χ0n) is 10.1. The van der Waals surface area contributed by atoms with Gasteiger partial charge in [-0.3, -0.25) is 9.89 Å². The van der Waals surface area contributed by atoms with Crippen LogP contribution in [0.3, 0.4) is 0 Å². The molecule has 18 heavy (non-hydrogen) atoms. The molecule has 0 aliphatic carbocycles. The average Bonchev–Trinajstić information content (AvgIpc) is 2.69. The molecule has 0 aliphatic heterocycles. The summed E-state index contributed by atoms with van der Waals surface area (Å²) in [5.41, 5.74) is 3.10. The van der Waals surface area contributed by atoms with Crippen LogP contribution in [0.2, 0.25) is 0 Å². The molecule has 0 fully saturated rings. The molecule has 5 nitrogen and oxygen atoms in total. The largest absolute Gasteiger partial charge is 0.299 e. The highest BCUT2D eigenvalue weighted by molar-refractivity contribution is 5.69. The van der Waals surface area contributed by atoms with Gasteiger partial charge in [-0.25, -0.2) is 14.6 Å². The zero-order chi connectivity index (χ0) is 12.7. The minimum absolute atomic E-state index is 0.174. The van der Waals surface area contributed by atoms with Crippen LogP contribution in [-0.4, -0.2) is 19.7 Å². The third kappa shape index (κ3) is 1.52. The first-order valence-corrected chi connectivity index (χ1v) is 5.68. The Bertz CT molecular complexity index is 771. The molecule has 90 valence electrons. The van der Waals surface area contributed by atoms with Crippen LogP contribution in [0.4, 0.5) is 0 Å². The lowest BCUT2D eigenvalue weighted by molar-refractivity contribution is 0.857. The molecule has 0 aliphatic rings. The lowest BCUT2D eigenvalue weighted by Gasteiger charge is -1.98. The van der Waals surface area contributed by atoms with E-state index in [-0.39, 0.29) is 5.56 Å². The number of aromatic nitrogens is 4. The lowest BCUT2D eigenvalue weighted by Crippen LogP contribution is -2.14. The van der Waals surface area contributed by atoms with Gasteiger partial charge in [-0.2, -0.15) is 0 Å². The molecule has 2 aromatic heterocycles. The number of nitrogens with one attached hydrogen (secondary N) is 1. The summed E-state index contributed by atoms with van der Waals surface area (Å²) in [5, 5.41) is 2.98. The van der Waals surface area contributed by atoms with Gasteiger partial charge in [-0.15, -0.1) is 0 Å². The third-order valence-electron chi connectivity index (χ3n) is 2.94. The first-order valence-electron chi connectivity index (χ1n) is 5.68. The van der Waals surface area contributed by atoms with Crippen molar-refractivity contribution in [2.45, 2.75) is 13.8 Å². The monoisotopic (exact) mass is 240 g/mol. The maximum atomic E-state index is 12.2. The molecule has 0 saturated heterocycles. The van der Waals surface area contributed by atoms with Crippen molar-refractivity contribution in [3.63, 3.8) is 0 Å². The molecule has 2 heterocycles. The Morgan fingerprint density at radius 1 is 1.06 bits per heavy atom. The van der Waals surface area contributed by atoms with Gasteiger partial charge >= 0.3 is 0 Å². The molecule has 1 N–H and O–H groups in total. The second-order valence-corrected chi connectivity index (χ2v) is 4.18. The summed E-state index contributed by atoms with van der Waals surface area (Å²) in [5.74, 6) is 0. The molecule has 1 aromatic carbocycles. The van der Waals surface area contributed by atoms with Crippen molar-refractivity contribution in [1.82, 2.24) is 19.7 Å². The number of aryl methyl sites for hydroxylation is 2. The van der Waals surface area contributed by atoms with E-state index in [2.05, 4.69) is 15.1 Å². The van der Waals surface area contributed by atoms with Crippen LogP contribution in [0, 0.1) is 13.8 Å². The van der Waals surface area contributed by atoms with Crippen molar-refractivity contribution in [2.24, 2.45) is 0 Å². The predicted octanol–water partition coefficient (Wildman–Crippen LogP) is 1.73. The molecule has 0 bridgehead atoms. The smallest absolute Gasteiger partial charge is 0.272 e. The number of nitrogens with zero attached hydrogens (tertiary/aromatic N) is 3. The van der Waals surface area contributed by atoms with Crippen molar-refractivity contribution < 1.29 is 0 Å². The Hall–Kier alpha value is -2.43. The fraction of sp³-hybridized carbons (Fsp3) is 0.154. The van der Waals surface area contributed by atoms with E-state index in [4.69, 9.17) is 0 Å². The fourth-order valence-corrected chi connectivity index (χ4v) is 1.85. The number of benzene rings is 1. The summed E-state index contributed by atoms with van der Waals surface area (Å²) in [4.78, 5) is 20.9. The third-order valence-corrected chi connectivity index (χ3v) is 2.94. The highest BCUT2D eigenvalue weighted by atomic mass is 16.1. The van der Waals surface area contributed by atoms with Gasteiger partial charge in [0.1, 0.15) is 0 Å². The topological polar surface area (TPSA) is 63.6 Å². The van der Waals surface area contributed by atoms with Crippen LogP contribution in [0.15, 0.2) is 35.1 Å². The highest BCUT2D eigenvalue weighted by Gasteiger charge is 2.11. The van der Waals surface area contributed by atoms with Crippen molar-refractivity contribution >= 4 is 11.2 Å². The lowest BCUT2D eigenvalue weighted by atomic mass is 10.3. The standard InChI is InChI=1S/C13H12N4O/c1-8-9(2)15-12-11(14-8)13(18)17(16-12)10-6-4-3-5-7-10/h3-7H,1-2H3,(H,15,16). The number of H-pyrrole nitrogens is 1. The molecule has 0 spiro atoms. The van der Waals surface area contributed by atoms with E-state index < -0.39 is 0 Å². The van der Waals surface area contributed by atoms with E-state index in [1.54, 1.807) is 0 Å². The van der Waals surface area contributed by atoms with Crippen LogP contribution in [0.5, 0.6) is 0 Å². The quantitative estimate of drug-likeness (QED) is 0.704. The molecular formula is C13H12N4O. The molecule has 5 heteroatoms. The van der Waals surface area contributed by atoms with Gasteiger partial charge in [0.05, 0.1) is 17.1 Å². The Balaban J connectivity index is 2.33. The molecule has 0 radical (unpaired) electrons. The number of aromatic amines is 1. The van der Waals surface area contributed by atoms with E-state index in [1.807, 2.05) is 44.2 Å². The van der Waals surface area contributed by atoms with Crippen LogP contribution < -0.4 is 5.56 Å². The van der Waals surface area contributed by atoms with Crippen LogP contribution >= 0.6 is 0 Å². The highest BCUT2D eigenvalue weighted by Crippen LogP contribution is 2.09. The van der Waals surface area contributed by atoms with Gasteiger partial charge in [0.2, 0.25) is 0 Å². The van der Waals surface area contributed by atoms with Crippen LogP contribution in [0.25, 0.3) is 16.9 Å². The fourth-order valence-electron chi connectivity index (χ4n) is 1.85. The Morgan fingerprint density at radius 2 is 1.72 bits per heavy atom. The summed E-state index contributed by atoms with van der Waals surface area (Å²) in [6.45, 7) is 3.72. The second-order valence-electron chi connectivity index (χ2n) is 4.18. The number of hydrogen-bond acceptors (Lipinski definition) is 3. The van der Waals surface area contributed by atoms with Crippen LogP contribution in [-0.2, 0) is 0 Å². The van der Waals surface area contributed by atoms with Crippen molar-refractivity contribution in [3.8, 4) is 5.69 Å². The molecule has 3 rings (SSSR count). The number of hydrogen-bond donors (Lipinski definition) is 1. The molecule has 0 atom stereocenters. The molecule has 0 saturated carbocycles. The Labute approximate surface area is 103 Å². The maximum Gasteiger partial charge on any atom is 0.299 e. The van der Waals surface area contributed by atoms with Gasteiger partial charge in [0.15, 0.2) is 11.2 Å². The van der Waals surface area contributed by atoms with Gasteiger partial charge in [-0.1, -0.05) is 18.2 Å². The summed E-state index contributed by atoms with van der Waals surface area (Å²) in [7, 11) is 0. The van der Waals surface area contributed by atoms with Crippen molar-refractivity contribution in [3.05, 3.63) is 52.1 Å². The van der Waals surface area contributed by atoms with E-state index >= 15 is 0 Å². The SMILES string of the molecule is Cc1nc2[nH]n(-c3ccccc3)c(=O)c2nc1C. The first kappa shape index (κ1) is 10.7. The normalized spacial score (nSPS) is 11.0. The summed E-state index contributed by atoms with van der Waals surface area (Å²) >= 11 is 0. The molecular weight excluding hydrogens is 228 g/mol. The van der Waals surface area contributed by atoms with E-state index in [9.17, 15) is 4.79 Å². The minimum Gasteiger partial charge on any atom is -0.272 e. The summed E-state index contributed by atoms with van der Waals surface area (Å²) < 4.78 is 1.46.